The molecule has 6 heteroatoms. The molecule has 3 N–H and O–H groups in total. The maximum atomic E-state index is 7.60. The maximum absolute atomic E-state index is 7.60. The predicted molar refractivity (Wildman–Crippen MR) is 69.9 cm³/mol. The number of nitrogens with zero attached hydrogens (tertiary/aromatic N) is 4. The molecular weight excluding hydrogens is 228 g/mol. The molecule has 0 spiro atoms. The minimum Gasteiger partial charge on any atom is -0.384 e. The lowest BCUT2D eigenvalue weighted by Crippen LogP contribution is -2.50. The largest absolute Gasteiger partial charge is 0.384 e. The number of aromatic nitrogens is 2. The molecule has 96 valence electrons. The quantitative estimate of drug-likeness (QED) is 0.569. The monoisotopic (exact) mass is 246 g/mol. The number of anilines is 1. The van der Waals surface area contributed by atoms with Crippen LogP contribution in [0, 0.1) is 5.41 Å². The summed E-state index contributed by atoms with van der Waals surface area (Å²) in [6.45, 7) is 4.24. The van der Waals surface area contributed by atoms with Gasteiger partial charge in [0.2, 0.25) is 0 Å². The topological polar surface area (TPSA) is 82.1 Å². The molecule has 3 heterocycles. The molecule has 2 saturated heterocycles. The van der Waals surface area contributed by atoms with E-state index in [1.165, 1.54) is 25.7 Å². The predicted octanol–water partition coefficient (Wildman–Crippen LogP) is 0.0451. The van der Waals surface area contributed by atoms with Gasteiger partial charge in [0.1, 0.15) is 18.0 Å². The second kappa shape index (κ2) is 4.53. The van der Waals surface area contributed by atoms with Crippen molar-refractivity contribution in [1.82, 2.24) is 14.9 Å². The van der Waals surface area contributed by atoms with Crippen molar-refractivity contribution in [2.45, 2.75) is 18.9 Å². The standard InChI is InChI=1S/C12H18N6/c13-11(14)10-6-15-8-16-12(10)18-5-4-17-3-1-2-9(17)7-18/h6,8-9H,1-5,7H2,(H3,13,14). The van der Waals surface area contributed by atoms with Crippen molar-refractivity contribution in [2.24, 2.45) is 5.73 Å². The van der Waals surface area contributed by atoms with Gasteiger partial charge in [-0.15, -0.1) is 0 Å². The van der Waals surface area contributed by atoms with E-state index in [2.05, 4.69) is 19.8 Å². The Balaban J connectivity index is 1.85. The molecule has 18 heavy (non-hydrogen) atoms. The Bertz CT molecular complexity index is 460. The Labute approximate surface area is 106 Å². The van der Waals surface area contributed by atoms with Crippen LogP contribution in [0.1, 0.15) is 18.4 Å². The maximum Gasteiger partial charge on any atom is 0.143 e. The van der Waals surface area contributed by atoms with E-state index >= 15 is 0 Å². The van der Waals surface area contributed by atoms with Gasteiger partial charge in [0.25, 0.3) is 0 Å². The number of fused-ring (bicyclic) bond motifs is 1. The van der Waals surface area contributed by atoms with E-state index in [9.17, 15) is 0 Å². The Morgan fingerprint density at radius 2 is 2.28 bits per heavy atom. The molecular formula is C12H18N6. The lowest BCUT2D eigenvalue weighted by atomic mass is 10.1. The van der Waals surface area contributed by atoms with E-state index in [4.69, 9.17) is 11.1 Å². The minimum atomic E-state index is 0.0412. The van der Waals surface area contributed by atoms with Crippen LogP contribution in [0.3, 0.4) is 0 Å². The fourth-order valence-electron chi connectivity index (χ4n) is 2.95. The first-order chi connectivity index (χ1) is 8.75. The molecule has 0 radical (unpaired) electrons. The zero-order chi connectivity index (χ0) is 12.5. The Morgan fingerprint density at radius 1 is 1.39 bits per heavy atom. The summed E-state index contributed by atoms with van der Waals surface area (Å²) in [5.74, 6) is 0.850. The fourth-order valence-corrected chi connectivity index (χ4v) is 2.95. The fraction of sp³-hybridized carbons (Fsp3) is 0.583. The zero-order valence-electron chi connectivity index (χ0n) is 10.3. The van der Waals surface area contributed by atoms with Crippen LogP contribution in [0.25, 0.3) is 0 Å². The number of piperazine rings is 1. The van der Waals surface area contributed by atoms with Gasteiger partial charge in [-0.2, -0.15) is 0 Å². The number of hydrogen-bond donors (Lipinski definition) is 2. The van der Waals surface area contributed by atoms with Gasteiger partial charge >= 0.3 is 0 Å². The van der Waals surface area contributed by atoms with Crippen LogP contribution in [0.2, 0.25) is 0 Å². The van der Waals surface area contributed by atoms with E-state index in [0.29, 0.717) is 11.6 Å². The van der Waals surface area contributed by atoms with Crippen molar-refractivity contribution in [2.75, 3.05) is 31.1 Å². The van der Waals surface area contributed by atoms with Gasteiger partial charge in [-0.25, -0.2) is 9.97 Å². The molecule has 1 unspecified atom stereocenters. The minimum absolute atomic E-state index is 0.0412. The van der Waals surface area contributed by atoms with E-state index in [0.717, 1.165) is 25.5 Å². The first-order valence-electron chi connectivity index (χ1n) is 6.39. The van der Waals surface area contributed by atoms with Crippen molar-refractivity contribution in [3.63, 3.8) is 0 Å². The van der Waals surface area contributed by atoms with Crippen molar-refractivity contribution in [1.29, 1.82) is 5.41 Å². The summed E-state index contributed by atoms with van der Waals surface area (Å²) >= 11 is 0. The molecule has 0 aromatic carbocycles. The van der Waals surface area contributed by atoms with Crippen molar-refractivity contribution >= 4 is 11.7 Å². The third-order valence-corrected chi connectivity index (χ3v) is 3.87. The highest BCUT2D eigenvalue weighted by molar-refractivity contribution is 5.99. The smallest absolute Gasteiger partial charge is 0.143 e. The molecule has 0 amide bonds. The van der Waals surface area contributed by atoms with Crippen LogP contribution in [0.4, 0.5) is 5.82 Å². The van der Waals surface area contributed by atoms with Crippen molar-refractivity contribution < 1.29 is 0 Å². The molecule has 0 saturated carbocycles. The van der Waals surface area contributed by atoms with Gasteiger partial charge in [0, 0.05) is 31.9 Å². The van der Waals surface area contributed by atoms with Gasteiger partial charge in [-0.05, 0) is 19.4 Å². The van der Waals surface area contributed by atoms with Crippen molar-refractivity contribution in [3.05, 3.63) is 18.1 Å². The van der Waals surface area contributed by atoms with Gasteiger partial charge in [-0.3, -0.25) is 10.3 Å². The molecule has 2 fully saturated rings. The number of hydrogen-bond acceptors (Lipinski definition) is 5. The lowest BCUT2D eigenvalue weighted by Gasteiger charge is -2.38. The molecule has 1 aromatic rings. The Hall–Kier alpha value is -1.69. The van der Waals surface area contributed by atoms with E-state index < -0.39 is 0 Å². The van der Waals surface area contributed by atoms with E-state index in [1.807, 2.05) is 0 Å². The summed E-state index contributed by atoms with van der Waals surface area (Å²) in [5, 5.41) is 7.60. The summed E-state index contributed by atoms with van der Waals surface area (Å²) in [4.78, 5) is 13.1. The van der Waals surface area contributed by atoms with Crippen LogP contribution in [0.15, 0.2) is 12.5 Å². The molecule has 0 aliphatic carbocycles. The van der Waals surface area contributed by atoms with Crippen LogP contribution in [-0.4, -0.2) is 52.9 Å². The summed E-state index contributed by atoms with van der Waals surface area (Å²) in [5.41, 5.74) is 6.24. The van der Waals surface area contributed by atoms with E-state index in [1.54, 1.807) is 6.20 Å². The van der Waals surface area contributed by atoms with Crippen LogP contribution < -0.4 is 10.6 Å². The molecule has 6 nitrogen and oxygen atoms in total. The average molecular weight is 246 g/mol. The molecule has 0 bridgehead atoms. The Morgan fingerprint density at radius 3 is 3.11 bits per heavy atom. The number of nitrogen functional groups attached to an aromatic ring is 1. The van der Waals surface area contributed by atoms with Gasteiger partial charge in [0.05, 0.1) is 5.56 Å². The molecule has 1 atom stereocenters. The van der Waals surface area contributed by atoms with Crippen molar-refractivity contribution in [3.8, 4) is 0 Å². The van der Waals surface area contributed by atoms with Gasteiger partial charge < -0.3 is 10.6 Å². The molecule has 2 aliphatic heterocycles. The SMILES string of the molecule is N=C(N)c1cncnc1N1CCN2CCCC2C1. The van der Waals surface area contributed by atoms with Crippen LogP contribution >= 0.6 is 0 Å². The number of nitrogens with two attached hydrogens (primary N) is 1. The number of amidine groups is 1. The van der Waals surface area contributed by atoms with Gasteiger partial charge in [-0.1, -0.05) is 0 Å². The first kappa shape index (κ1) is 11.4. The number of nitrogens with one attached hydrogen (secondary N) is 1. The number of rotatable bonds is 2. The first-order valence-corrected chi connectivity index (χ1v) is 6.39. The van der Waals surface area contributed by atoms with Crippen LogP contribution in [-0.2, 0) is 0 Å². The highest BCUT2D eigenvalue weighted by Crippen LogP contribution is 2.25. The Kier molecular flexibility index (Phi) is 2.87. The molecule has 1 aromatic heterocycles. The normalized spacial score (nSPS) is 24.0. The van der Waals surface area contributed by atoms with Crippen LogP contribution in [0.5, 0.6) is 0 Å². The molecule has 3 rings (SSSR count). The summed E-state index contributed by atoms with van der Waals surface area (Å²) in [7, 11) is 0. The summed E-state index contributed by atoms with van der Waals surface area (Å²) < 4.78 is 0. The molecule has 2 aliphatic rings. The second-order valence-corrected chi connectivity index (χ2v) is 4.95. The highest BCUT2D eigenvalue weighted by atomic mass is 15.3. The van der Waals surface area contributed by atoms with Gasteiger partial charge in [0.15, 0.2) is 0 Å². The van der Waals surface area contributed by atoms with E-state index in [-0.39, 0.29) is 5.84 Å². The third kappa shape index (κ3) is 1.92. The third-order valence-electron chi connectivity index (χ3n) is 3.87. The summed E-state index contributed by atoms with van der Waals surface area (Å²) in [6.07, 6.45) is 5.72. The second-order valence-electron chi connectivity index (χ2n) is 4.95. The zero-order valence-corrected chi connectivity index (χ0v) is 10.3. The lowest BCUT2D eigenvalue weighted by molar-refractivity contribution is 0.230. The summed E-state index contributed by atoms with van der Waals surface area (Å²) in [6, 6.07) is 0.633. The highest BCUT2D eigenvalue weighted by Gasteiger charge is 2.31. The average Bonchev–Trinajstić information content (AvgIpc) is 2.85.